The first-order valence-corrected chi connectivity index (χ1v) is 21.6. The van der Waals surface area contributed by atoms with Crippen LogP contribution in [0.3, 0.4) is 0 Å². The van der Waals surface area contributed by atoms with E-state index >= 15 is 4.39 Å². The predicted molar refractivity (Wildman–Crippen MR) is 262 cm³/mol. The van der Waals surface area contributed by atoms with Gasteiger partial charge in [0, 0.05) is 57.7 Å². The molecule has 0 fully saturated rings. The molecule has 2 heterocycles. The summed E-state index contributed by atoms with van der Waals surface area (Å²) >= 11 is 27.3. The third-order valence-corrected chi connectivity index (χ3v) is 12.1. The fraction of sp³-hybridized carbons (Fsp3) is 0.0800. The number of carbonyl (C=O) groups excluding carboxylic acids is 2. The molecule has 6 aromatic carbocycles. The Hall–Kier alpha value is -7.36. The zero-order chi connectivity index (χ0) is 48.4. The lowest BCUT2D eigenvalue weighted by atomic mass is 10.0. The number of amides is 2. The van der Waals surface area contributed by atoms with Crippen molar-refractivity contribution in [3.8, 4) is 68.0 Å². The molecule has 8 aromatic rings. The lowest BCUT2D eigenvalue weighted by Gasteiger charge is -2.18. The van der Waals surface area contributed by atoms with Crippen LogP contribution in [-0.2, 0) is 16.2 Å². The fourth-order valence-corrected chi connectivity index (χ4v) is 8.64. The summed E-state index contributed by atoms with van der Waals surface area (Å²) in [6.07, 6.45) is 5.17. The highest BCUT2D eigenvalue weighted by atomic mass is 35.5. The van der Waals surface area contributed by atoms with Crippen LogP contribution in [0.4, 0.5) is 20.2 Å². The number of methoxy groups -OCH3 is 3. The van der Waals surface area contributed by atoms with Gasteiger partial charge in [-0.15, -0.1) is 0 Å². The van der Waals surface area contributed by atoms with Gasteiger partial charge in [0.1, 0.15) is 41.2 Å². The number of anilines is 2. The maximum absolute atomic E-state index is 16.9. The standard InChI is InChI=1S/C50H34Cl4F2N6O6/c1-6-39(63)59-29-11-12-31(55)30(18-29)49-57-21-27-17-25(8-13-32(27)61-49)42-46(53)37(67-5)20-38(47(42)54)68-23-26-10-15-34(60-40(64)7-2)43(48(26)56)50-58-22-28-16-24(9-14-33(28)62-50)41-44(51)35(65-3)19-36(66-4)45(41)52/h6-22H,1-2,23H2,3-5H3,(H,59,63)(H,60,64). The second kappa shape index (κ2) is 19.9. The molecule has 8 rings (SSSR count). The van der Waals surface area contributed by atoms with Gasteiger partial charge in [0.15, 0.2) is 11.6 Å². The molecule has 2 N–H and O–H groups in total. The third kappa shape index (κ3) is 9.19. The van der Waals surface area contributed by atoms with Crippen LogP contribution in [0.2, 0.25) is 20.1 Å². The zero-order valence-corrected chi connectivity index (χ0v) is 39.0. The number of nitrogens with zero attached hydrogens (tertiary/aromatic N) is 4. The molecule has 0 bridgehead atoms. The van der Waals surface area contributed by atoms with Crippen molar-refractivity contribution in [1.29, 1.82) is 0 Å². The van der Waals surface area contributed by atoms with Crippen molar-refractivity contribution in [3.63, 3.8) is 0 Å². The van der Waals surface area contributed by atoms with E-state index in [0.717, 1.165) is 12.2 Å². The first-order valence-electron chi connectivity index (χ1n) is 20.1. The molecule has 0 unspecified atom stereocenters. The molecule has 342 valence electrons. The maximum Gasteiger partial charge on any atom is 0.247 e. The van der Waals surface area contributed by atoms with Gasteiger partial charge in [-0.1, -0.05) is 77.8 Å². The molecular formula is C50H34Cl4F2N6O6. The topological polar surface area (TPSA) is 147 Å². The Morgan fingerprint density at radius 3 is 1.69 bits per heavy atom. The number of carbonyl (C=O) groups is 2. The molecular weight excluding hydrogens is 960 g/mol. The van der Waals surface area contributed by atoms with E-state index in [4.69, 9.17) is 65.4 Å². The second-order valence-electron chi connectivity index (χ2n) is 14.6. The minimum atomic E-state index is -0.788. The summed E-state index contributed by atoms with van der Waals surface area (Å²) in [5.74, 6) is -1.36. The first kappa shape index (κ1) is 47.1. The SMILES string of the molecule is C=CC(=O)Nc1ccc(F)c(-c2ncc3cc(-c4c(Cl)c(OC)cc(OCc5ccc(NC(=O)C=C)c(-c6ncc7cc(-c8c(Cl)c(OC)cc(OC)c8Cl)ccc7n6)c5F)c4Cl)ccc3n2)c1. The van der Waals surface area contributed by atoms with E-state index in [2.05, 4.69) is 43.7 Å². The van der Waals surface area contributed by atoms with Gasteiger partial charge in [0.2, 0.25) is 11.8 Å². The van der Waals surface area contributed by atoms with Crippen LogP contribution in [0.25, 0.3) is 66.8 Å². The van der Waals surface area contributed by atoms with E-state index in [0.29, 0.717) is 61.2 Å². The summed E-state index contributed by atoms with van der Waals surface area (Å²) in [4.78, 5) is 42.6. The molecule has 0 spiro atoms. The monoisotopic (exact) mass is 992 g/mol. The van der Waals surface area contributed by atoms with E-state index in [-0.39, 0.29) is 72.2 Å². The quantitative estimate of drug-likeness (QED) is 0.101. The number of halogens is 6. The first-order chi connectivity index (χ1) is 32.8. The van der Waals surface area contributed by atoms with Crippen LogP contribution in [0.5, 0.6) is 23.0 Å². The van der Waals surface area contributed by atoms with Gasteiger partial charge >= 0.3 is 0 Å². The molecule has 12 nitrogen and oxygen atoms in total. The molecule has 0 radical (unpaired) electrons. The van der Waals surface area contributed by atoms with Crippen molar-refractivity contribution in [2.24, 2.45) is 0 Å². The molecule has 0 aliphatic rings. The zero-order valence-electron chi connectivity index (χ0n) is 35.9. The molecule has 18 heteroatoms. The maximum atomic E-state index is 16.9. The summed E-state index contributed by atoms with van der Waals surface area (Å²) in [5, 5.41) is 7.14. The highest BCUT2D eigenvalue weighted by Crippen LogP contribution is 2.48. The fourth-order valence-electron chi connectivity index (χ4n) is 7.22. The minimum Gasteiger partial charge on any atom is -0.495 e. The summed E-state index contributed by atoms with van der Waals surface area (Å²) < 4.78 is 54.5. The third-order valence-electron chi connectivity index (χ3n) is 10.6. The van der Waals surface area contributed by atoms with Gasteiger partial charge < -0.3 is 29.6 Å². The van der Waals surface area contributed by atoms with Gasteiger partial charge in [-0.05, 0) is 71.8 Å². The van der Waals surface area contributed by atoms with E-state index in [1.165, 1.54) is 70.1 Å². The van der Waals surface area contributed by atoms with Gasteiger partial charge in [-0.3, -0.25) is 9.59 Å². The average molecular weight is 995 g/mol. The molecule has 0 aliphatic heterocycles. The minimum absolute atomic E-state index is 0.0420. The Balaban J connectivity index is 1.12. The Labute approximate surface area is 407 Å². The Bertz CT molecular complexity index is 3370. The number of nitrogens with one attached hydrogen (secondary N) is 2. The van der Waals surface area contributed by atoms with E-state index in [1.54, 1.807) is 42.5 Å². The van der Waals surface area contributed by atoms with Gasteiger partial charge in [-0.25, -0.2) is 28.7 Å². The molecule has 0 saturated carbocycles. The van der Waals surface area contributed by atoms with Crippen LogP contribution in [0.1, 0.15) is 5.56 Å². The van der Waals surface area contributed by atoms with Gasteiger partial charge in [-0.2, -0.15) is 0 Å². The number of fused-ring (bicyclic) bond motifs is 2. The van der Waals surface area contributed by atoms with Crippen molar-refractivity contribution in [3.05, 3.63) is 154 Å². The highest BCUT2D eigenvalue weighted by Gasteiger charge is 2.24. The number of benzene rings is 6. The largest absolute Gasteiger partial charge is 0.495 e. The average Bonchev–Trinajstić information content (AvgIpc) is 3.34. The Morgan fingerprint density at radius 1 is 0.618 bits per heavy atom. The number of hydrogen-bond donors (Lipinski definition) is 2. The van der Waals surface area contributed by atoms with Crippen molar-refractivity contribution in [1.82, 2.24) is 19.9 Å². The van der Waals surface area contributed by atoms with Crippen molar-refractivity contribution < 1.29 is 37.3 Å². The van der Waals surface area contributed by atoms with Crippen LogP contribution >= 0.6 is 46.4 Å². The lowest BCUT2D eigenvalue weighted by molar-refractivity contribution is -0.112. The van der Waals surface area contributed by atoms with Gasteiger partial charge in [0.25, 0.3) is 0 Å². The van der Waals surface area contributed by atoms with Crippen molar-refractivity contribution in [2.75, 3.05) is 32.0 Å². The Morgan fingerprint density at radius 2 is 1.13 bits per heavy atom. The Kier molecular flexibility index (Phi) is 13.8. The smallest absolute Gasteiger partial charge is 0.247 e. The predicted octanol–water partition coefficient (Wildman–Crippen LogP) is 13.0. The molecule has 2 aromatic heterocycles. The second-order valence-corrected chi connectivity index (χ2v) is 16.1. The van der Waals surface area contributed by atoms with Crippen LogP contribution < -0.4 is 29.6 Å². The summed E-state index contributed by atoms with van der Waals surface area (Å²) in [7, 11) is 4.37. The molecule has 0 saturated heterocycles. The number of rotatable bonds is 14. The number of aromatic nitrogens is 4. The molecule has 68 heavy (non-hydrogen) atoms. The lowest BCUT2D eigenvalue weighted by Crippen LogP contribution is -2.11. The molecule has 0 aliphatic carbocycles. The van der Waals surface area contributed by atoms with E-state index in [9.17, 15) is 14.0 Å². The van der Waals surface area contributed by atoms with Crippen LogP contribution in [0.15, 0.2) is 117 Å². The van der Waals surface area contributed by atoms with Crippen molar-refractivity contribution in [2.45, 2.75) is 6.61 Å². The van der Waals surface area contributed by atoms with Crippen molar-refractivity contribution >= 4 is 91.4 Å². The summed E-state index contributed by atoms with van der Waals surface area (Å²) in [6.45, 7) is 6.60. The summed E-state index contributed by atoms with van der Waals surface area (Å²) in [6, 6.07) is 20.4. The normalized spacial score (nSPS) is 11.0. The highest BCUT2D eigenvalue weighted by molar-refractivity contribution is 6.42. The van der Waals surface area contributed by atoms with E-state index < -0.39 is 23.4 Å². The summed E-state index contributed by atoms with van der Waals surface area (Å²) in [5.41, 5.74) is 3.26. The van der Waals surface area contributed by atoms with Crippen LogP contribution in [-0.4, -0.2) is 53.1 Å². The molecule has 2 amide bonds. The number of ether oxygens (including phenoxy) is 4. The number of hydrogen-bond acceptors (Lipinski definition) is 10. The van der Waals surface area contributed by atoms with Gasteiger partial charge in [0.05, 0.1) is 69.3 Å². The van der Waals surface area contributed by atoms with Crippen LogP contribution in [0, 0.1) is 11.6 Å². The van der Waals surface area contributed by atoms with E-state index in [1.807, 2.05) is 0 Å². The molecule has 0 atom stereocenters.